The normalized spacial score (nSPS) is 10.9. The number of hydrogen-bond acceptors (Lipinski definition) is 5. The van der Waals surface area contributed by atoms with Gasteiger partial charge in [0, 0.05) is 39.8 Å². The summed E-state index contributed by atoms with van der Waals surface area (Å²) < 4.78 is 1.36. The first kappa shape index (κ1) is 17.5. The predicted molar refractivity (Wildman–Crippen MR) is 106 cm³/mol. The summed E-state index contributed by atoms with van der Waals surface area (Å²) in [7, 11) is 0. The zero-order chi connectivity index (χ0) is 18.8. The SMILES string of the molecule is Cc1[nH]n(-c2nccc(-c3ccncc3)n2)c(=O)c1Sc1ccc(Cl)cc1. The number of H-pyrrole nitrogens is 1. The molecule has 8 heteroatoms. The van der Waals surface area contributed by atoms with E-state index in [2.05, 4.69) is 20.1 Å². The van der Waals surface area contributed by atoms with Crippen molar-refractivity contribution in [1.29, 1.82) is 0 Å². The van der Waals surface area contributed by atoms with E-state index in [1.165, 1.54) is 16.4 Å². The van der Waals surface area contributed by atoms with Gasteiger partial charge in [0.05, 0.1) is 5.69 Å². The third-order valence-electron chi connectivity index (χ3n) is 3.87. The van der Waals surface area contributed by atoms with Gasteiger partial charge in [0.1, 0.15) is 4.90 Å². The highest BCUT2D eigenvalue weighted by Gasteiger charge is 2.16. The molecule has 0 aliphatic rings. The molecule has 0 saturated heterocycles. The minimum atomic E-state index is -0.195. The van der Waals surface area contributed by atoms with Gasteiger partial charge in [-0.3, -0.25) is 14.9 Å². The lowest BCUT2D eigenvalue weighted by Crippen LogP contribution is -2.18. The highest BCUT2D eigenvalue weighted by molar-refractivity contribution is 7.99. The minimum Gasteiger partial charge on any atom is -0.291 e. The van der Waals surface area contributed by atoms with Gasteiger partial charge in [0.2, 0.25) is 0 Å². The van der Waals surface area contributed by atoms with Gasteiger partial charge in [0.25, 0.3) is 11.5 Å². The lowest BCUT2D eigenvalue weighted by Gasteiger charge is -2.03. The first-order chi connectivity index (χ1) is 13.1. The van der Waals surface area contributed by atoms with E-state index >= 15 is 0 Å². The van der Waals surface area contributed by atoms with Crippen molar-refractivity contribution < 1.29 is 0 Å². The number of aromatic amines is 1. The van der Waals surface area contributed by atoms with Gasteiger partial charge in [-0.25, -0.2) is 9.97 Å². The fourth-order valence-electron chi connectivity index (χ4n) is 2.55. The van der Waals surface area contributed by atoms with E-state index in [9.17, 15) is 4.79 Å². The Hall–Kier alpha value is -2.90. The van der Waals surface area contributed by atoms with Gasteiger partial charge in [0.15, 0.2) is 0 Å². The van der Waals surface area contributed by atoms with Crippen LogP contribution < -0.4 is 5.56 Å². The third kappa shape index (κ3) is 3.65. The minimum absolute atomic E-state index is 0.195. The highest BCUT2D eigenvalue weighted by atomic mass is 35.5. The van der Waals surface area contributed by atoms with Gasteiger partial charge >= 0.3 is 0 Å². The van der Waals surface area contributed by atoms with Crippen molar-refractivity contribution >= 4 is 23.4 Å². The van der Waals surface area contributed by atoms with Crippen LogP contribution in [-0.4, -0.2) is 24.7 Å². The molecule has 134 valence electrons. The maximum atomic E-state index is 12.9. The second-order valence-corrected chi connectivity index (χ2v) is 7.26. The number of hydrogen-bond donors (Lipinski definition) is 1. The van der Waals surface area contributed by atoms with E-state index in [0.717, 1.165) is 16.2 Å². The number of benzene rings is 1. The standard InChI is InChI=1S/C19H14ClN5OS/c1-12-17(27-15-4-2-14(20)3-5-15)18(26)25(24-12)19-22-11-8-16(23-19)13-6-9-21-10-7-13/h2-11,24H,1H3. The molecule has 27 heavy (non-hydrogen) atoms. The summed E-state index contributed by atoms with van der Waals surface area (Å²) >= 11 is 7.30. The Morgan fingerprint density at radius 2 is 1.78 bits per heavy atom. The molecule has 0 aliphatic heterocycles. The van der Waals surface area contributed by atoms with Crippen molar-refractivity contribution in [3.05, 3.63) is 82.1 Å². The van der Waals surface area contributed by atoms with Gasteiger partial charge in [-0.15, -0.1) is 0 Å². The van der Waals surface area contributed by atoms with Crippen LogP contribution in [-0.2, 0) is 0 Å². The van der Waals surface area contributed by atoms with Gasteiger partial charge in [-0.2, -0.15) is 4.68 Å². The third-order valence-corrected chi connectivity index (χ3v) is 5.31. The van der Waals surface area contributed by atoms with E-state index in [0.29, 0.717) is 21.6 Å². The average molecular weight is 396 g/mol. The molecule has 0 saturated carbocycles. The quantitative estimate of drug-likeness (QED) is 0.562. The summed E-state index contributed by atoms with van der Waals surface area (Å²) in [5, 5.41) is 3.72. The Balaban J connectivity index is 1.71. The van der Waals surface area contributed by atoms with Crippen LogP contribution in [0.1, 0.15) is 5.69 Å². The maximum absolute atomic E-state index is 12.9. The Morgan fingerprint density at radius 1 is 1.04 bits per heavy atom. The Labute approximate surface area is 164 Å². The van der Waals surface area contributed by atoms with Crippen molar-refractivity contribution in [2.24, 2.45) is 0 Å². The summed E-state index contributed by atoms with van der Waals surface area (Å²) in [6, 6.07) is 12.9. The van der Waals surface area contributed by atoms with Crippen LogP contribution >= 0.6 is 23.4 Å². The Bertz CT molecular complexity index is 1140. The first-order valence-electron chi connectivity index (χ1n) is 8.10. The van der Waals surface area contributed by atoms with Crippen LogP contribution in [0.4, 0.5) is 0 Å². The fraction of sp³-hybridized carbons (Fsp3) is 0.0526. The van der Waals surface area contributed by atoms with Crippen molar-refractivity contribution in [3.8, 4) is 17.2 Å². The van der Waals surface area contributed by atoms with Gasteiger partial charge < -0.3 is 0 Å². The molecular formula is C19H14ClN5OS. The molecule has 1 N–H and O–H groups in total. The number of rotatable bonds is 4. The van der Waals surface area contributed by atoms with E-state index < -0.39 is 0 Å². The van der Waals surface area contributed by atoms with E-state index in [1.807, 2.05) is 31.2 Å². The smallest absolute Gasteiger partial charge is 0.288 e. The molecule has 3 heterocycles. The van der Waals surface area contributed by atoms with Crippen LogP contribution in [0, 0.1) is 6.92 Å². The van der Waals surface area contributed by atoms with Crippen LogP contribution in [0.3, 0.4) is 0 Å². The topological polar surface area (TPSA) is 76.5 Å². The second kappa shape index (κ2) is 7.38. The Kier molecular flexibility index (Phi) is 4.79. The van der Waals surface area contributed by atoms with Crippen molar-refractivity contribution in [2.75, 3.05) is 0 Å². The molecule has 0 radical (unpaired) electrons. The molecule has 0 spiro atoms. The second-order valence-electron chi connectivity index (χ2n) is 5.74. The molecule has 4 rings (SSSR count). The highest BCUT2D eigenvalue weighted by Crippen LogP contribution is 2.28. The van der Waals surface area contributed by atoms with E-state index in [4.69, 9.17) is 11.6 Å². The van der Waals surface area contributed by atoms with E-state index in [-0.39, 0.29) is 5.56 Å². The van der Waals surface area contributed by atoms with Crippen LogP contribution in [0.5, 0.6) is 0 Å². The van der Waals surface area contributed by atoms with E-state index in [1.54, 1.807) is 36.8 Å². The van der Waals surface area contributed by atoms with Gasteiger partial charge in [-0.1, -0.05) is 23.4 Å². The molecule has 0 bridgehead atoms. The van der Waals surface area contributed by atoms with Crippen LogP contribution in [0.15, 0.2) is 75.6 Å². The molecule has 6 nitrogen and oxygen atoms in total. The lowest BCUT2D eigenvalue weighted by molar-refractivity contribution is 0.774. The number of pyridine rings is 1. The molecular weight excluding hydrogens is 382 g/mol. The van der Waals surface area contributed by atoms with Crippen LogP contribution in [0.25, 0.3) is 17.2 Å². The lowest BCUT2D eigenvalue weighted by atomic mass is 10.2. The molecule has 4 aromatic rings. The van der Waals surface area contributed by atoms with Crippen molar-refractivity contribution in [2.45, 2.75) is 16.7 Å². The van der Waals surface area contributed by atoms with Gasteiger partial charge in [-0.05, 0) is 49.4 Å². The first-order valence-corrected chi connectivity index (χ1v) is 9.30. The summed E-state index contributed by atoms with van der Waals surface area (Å²) in [5.41, 5.74) is 2.17. The monoisotopic (exact) mass is 395 g/mol. The summed E-state index contributed by atoms with van der Waals surface area (Å²) in [5.74, 6) is 0.292. The summed E-state index contributed by atoms with van der Waals surface area (Å²) in [4.78, 5) is 27.2. The number of nitrogens with one attached hydrogen (secondary N) is 1. The average Bonchev–Trinajstić information content (AvgIpc) is 2.99. The maximum Gasteiger partial charge on any atom is 0.288 e. The number of aryl methyl sites for hydroxylation is 1. The van der Waals surface area contributed by atoms with Crippen molar-refractivity contribution in [3.63, 3.8) is 0 Å². The summed E-state index contributed by atoms with van der Waals surface area (Å²) in [6.07, 6.45) is 5.03. The zero-order valence-electron chi connectivity index (χ0n) is 14.3. The summed E-state index contributed by atoms with van der Waals surface area (Å²) in [6.45, 7) is 1.85. The predicted octanol–water partition coefficient (Wildman–Crippen LogP) is 4.13. The molecule has 1 aromatic carbocycles. The number of aromatic nitrogens is 5. The number of nitrogens with zero attached hydrogens (tertiary/aromatic N) is 4. The molecule has 0 atom stereocenters. The van der Waals surface area contributed by atoms with Crippen LogP contribution in [0.2, 0.25) is 5.02 Å². The number of halogens is 1. The van der Waals surface area contributed by atoms with Crippen molar-refractivity contribution in [1.82, 2.24) is 24.7 Å². The fourth-order valence-corrected chi connectivity index (χ4v) is 3.56. The molecule has 0 unspecified atom stereocenters. The largest absolute Gasteiger partial charge is 0.291 e. The zero-order valence-corrected chi connectivity index (χ0v) is 15.8. The molecule has 0 amide bonds. The molecule has 0 aliphatic carbocycles. The molecule has 0 fully saturated rings. The molecule has 3 aromatic heterocycles. The Morgan fingerprint density at radius 3 is 2.52 bits per heavy atom.